The Morgan fingerprint density at radius 3 is 2.52 bits per heavy atom. The molecule has 0 atom stereocenters. The lowest BCUT2D eigenvalue weighted by Gasteiger charge is -2.18. The Bertz CT molecular complexity index is 656. The Balaban J connectivity index is 2.97. The summed E-state index contributed by atoms with van der Waals surface area (Å²) in [5.41, 5.74) is 0.0919. The van der Waals surface area contributed by atoms with Crippen molar-refractivity contribution in [1.29, 1.82) is 0 Å². The standard InChI is InChI=1S/C12H16N2O6S/c1-9-8-10(14(17)18)5-6-11(9)21(19,20)13(2)7-3-4-12(15)16/h5-6,8H,3-4,7H2,1-2H3,(H,15,16). The lowest BCUT2D eigenvalue weighted by molar-refractivity contribution is -0.385. The van der Waals surface area contributed by atoms with Gasteiger partial charge in [-0.2, -0.15) is 0 Å². The number of non-ortho nitro benzene ring substituents is 1. The van der Waals surface area contributed by atoms with E-state index in [4.69, 9.17) is 5.11 Å². The fourth-order valence-electron chi connectivity index (χ4n) is 1.78. The number of nitrogens with zero attached hydrogens (tertiary/aromatic N) is 2. The molecule has 0 unspecified atom stereocenters. The van der Waals surface area contributed by atoms with E-state index in [1.54, 1.807) is 0 Å². The van der Waals surface area contributed by atoms with E-state index in [1.807, 2.05) is 0 Å². The second kappa shape index (κ2) is 6.64. The summed E-state index contributed by atoms with van der Waals surface area (Å²) in [6.07, 6.45) is 0.0657. The minimum atomic E-state index is -3.79. The molecular formula is C12H16N2O6S. The van der Waals surface area contributed by atoms with Crippen LogP contribution in [-0.2, 0) is 14.8 Å². The second-order valence-electron chi connectivity index (χ2n) is 4.53. The molecule has 0 spiro atoms. The first kappa shape index (κ1) is 17.1. The Kier molecular flexibility index (Phi) is 5.39. The number of sulfonamides is 1. The zero-order valence-electron chi connectivity index (χ0n) is 11.6. The topological polar surface area (TPSA) is 118 Å². The van der Waals surface area contributed by atoms with Gasteiger partial charge in [0.1, 0.15) is 0 Å². The van der Waals surface area contributed by atoms with E-state index < -0.39 is 20.9 Å². The number of nitro benzene ring substituents is 1. The molecular weight excluding hydrogens is 300 g/mol. The van der Waals surface area contributed by atoms with E-state index in [0.717, 1.165) is 10.4 Å². The van der Waals surface area contributed by atoms with E-state index in [-0.39, 0.29) is 35.5 Å². The summed E-state index contributed by atoms with van der Waals surface area (Å²) in [6, 6.07) is 3.51. The third-order valence-corrected chi connectivity index (χ3v) is 4.94. The summed E-state index contributed by atoms with van der Waals surface area (Å²) in [5.74, 6) is -0.993. The number of carboxylic acids is 1. The Morgan fingerprint density at radius 1 is 1.43 bits per heavy atom. The lowest BCUT2D eigenvalue weighted by atomic mass is 10.2. The van der Waals surface area contributed by atoms with Crippen LogP contribution >= 0.6 is 0 Å². The first-order valence-electron chi connectivity index (χ1n) is 6.09. The fraction of sp³-hybridized carbons (Fsp3) is 0.417. The van der Waals surface area contributed by atoms with E-state index >= 15 is 0 Å². The molecule has 116 valence electrons. The Labute approximate surface area is 122 Å². The van der Waals surface area contributed by atoms with Gasteiger partial charge in [0, 0.05) is 32.1 Å². The average molecular weight is 316 g/mol. The molecule has 0 radical (unpaired) electrons. The molecule has 0 aliphatic heterocycles. The number of hydrogen-bond donors (Lipinski definition) is 1. The van der Waals surface area contributed by atoms with Crippen LogP contribution in [0.25, 0.3) is 0 Å². The maximum Gasteiger partial charge on any atom is 0.303 e. The smallest absolute Gasteiger partial charge is 0.303 e. The number of carbonyl (C=O) groups is 1. The zero-order chi connectivity index (χ0) is 16.2. The van der Waals surface area contributed by atoms with Crippen LogP contribution in [0.1, 0.15) is 18.4 Å². The fourth-order valence-corrected chi connectivity index (χ4v) is 3.19. The number of aliphatic carboxylic acids is 1. The summed E-state index contributed by atoms with van der Waals surface area (Å²) >= 11 is 0. The van der Waals surface area contributed by atoms with Gasteiger partial charge in [-0.05, 0) is 25.0 Å². The molecule has 8 nitrogen and oxygen atoms in total. The number of carboxylic acid groups (broad SMARTS) is 1. The molecule has 0 saturated heterocycles. The summed E-state index contributed by atoms with van der Waals surface area (Å²) in [5, 5.41) is 19.2. The average Bonchev–Trinajstić information content (AvgIpc) is 2.37. The Morgan fingerprint density at radius 2 is 2.05 bits per heavy atom. The van der Waals surface area contributed by atoms with Crippen LogP contribution in [0.4, 0.5) is 5.69 Å². The van der Waals surface area contributed by atoms with Crippen LogP contribution in [-0.4, -0.2) is 42.3 Å². The first-order valence-corrected chi connectivity index (χ1v) is 7.53. The molecule has 0 bridgehead atoms. The number of nitro groups is 1. The third-order valence-electron chi connectivity index (χ3n) is 2.92. The molecule has 1 N–H and O–H groups in total. The van der Waals surface area contributed by atoms with Gasteiger partial charge in [0.15, 0.2) is 0 Å². The zero-order valence-corrected chi connectivity index (χ0v) is 12.5. The van der Waals surface area contributed by atoms with Crippen molar-refractivity contribution in [3.8, 4) is 0 Å². The maximum absolute atomic E-state index is 12.3. The lowest BCUT2D eigenvalue weighted by Crippen LogP contribution is -2.28. The molecule has 1 aromatic rings. The molecule has 1 aromatic carbocycles. The Hall–Kier alpha value is -2.00. The summed E-state index contributed by atoms with van der Waals surface area (Å²) in [6.45, 7) is 1.54. The van der Waals surface area contributed by atoms with Crippen molar-refractivity contribution in [2.45, 2.75) is 24.7 Å². The highest BCUT2D eigenvalue weighted by atomic mass is 32.2. The molecule has 0 saturated carbocycles. The van der Waals surface area contributed by atoms with Crippen LogP contribution in [0, 0.1) is 17.0 Å². The van der Waals surface area contributed by atoms with Gasteiger partial charge in [-0.15, -0.1) is 0 Å². The SMILES string of the molecule is Cc1cc([N+](=O)[O-])ccc1S(=O)(=O)N(C)CCCC(=O)O. The normalized spacial score (nSPS) is 11.6. The van der Waals surface area contributed by atoms with Gasteiger partial charge >= 0.3 is 5.97 Å². The minimum Gasteiger partial charge on any atom is -0.481 e. The minimum absolute atomic E-state index is 0.0223. The number of benzene rings is 1. The first-order chi connectivity index (χ1) is 9.66. The number of hydrogen-bond acceptors (Lipinski definition) is 5. The molecule has 0 aliphatic rings. The van der Waals surface area contributed by atoms with Crippen LogP contribution in [0.3, 0.4) is 0 Å². The highest BCUT2D eigenvalue weighted by Gasteiger charge is 2.24. The van der Waals surface area contributed by atoms with Crippen LogP contribution < -0.4 is 0 Å². The monoisotopic (exact) mass is 316 g/mol. The highest BCUT2D eigenvalue weighted by Crippen LogP contribution is 2.23. The molecule has 0 fully saturated rings. The molecule has 21 heavy (non-hydrogen) atoms. The van der Waals surface area contributed by atoms with Gasteiger partial charge in [-0.25, -0.2) is 12.7 Å². The van der Waals surface area contributed by atoms with E-state index in [1.165, 1.54) is 26.1 Å². The van der Waals surface area contributed by atoms with Crippen molar-refractivity contribution in [3.63, 3.8) is 0 Å². The largest absolute Gasteiger partial charge is 0.481 e. The summed E-state index contributed by atoms with van der Waals surface area (Å²) in [4.78, 5) is 20.4. The molecule has 0 aromatic heterocycles. The van der Waals surface area contributed by atoms with Crippen molar-refractivity contribution in [2.75, 3.05) is 13.6 Å². The van der Waals surface area contributed by atoms with Gasteiger partial charge in [0.25, 0.3) is 5.69 Å². The molecule has 0 heterocycles. The van der Waals surface area contributed by atoms with Crippen LogP contribution in [0.2, 0.25) is 0 Å². The highest BCUT2D eigenvalue weighted by molar-refractivity contribution is 7.89. The van der Waals surface area contributed by atoms with Gasteiger partial charge in [-0.3, -0.25) is 14.9 Å². The maximum atomic E-state index is 12.3. The number of aryl methyl sites for hydroxylation is 1. The molecule has 1 rings (SSSR count). The van der Waals surface area contributed by atoms with Crippen molar-refractivity contribution >= 4 is 21.7 Å². The van der Waals surface area contributed by atoms with Gasteiger partial charge < -0.3 is 5.11 Å². The van der Waals surface area contributed by atoms with Crippen molar-refractivity contribution in [1.82, 2.24) is 4.31 Å². The van der Waals surface area contributed by atoms with E-state index in [9.17, 15) is 23.3 Å². The molecule has 9 heteroatoms. The van der Waals surface area contributed by atoms with Crippen LogP contribution in [0.15, 0.2) is 23.1 Å². The van der Waals surface area contributed by atoms with Crippen molar-refractivity contribution in [2.24, 2.45) is 0 Å². The summed E-state index contributed by atoms with van der Waals surface area (Å²) in [7, 11) is -2.45. The van der Waals surface area contributed by atoms with E-state index in [0.29, 0.717) is 0 Å². The van der Waals surface area contributed by atoms with Gasteiger partial charge in [0.05, 0.1) is 9.82 Å². The van der Waals surface area contributed by atoms with Gasteiger partial charge in [-0.1, -0.05) is 0 Å². The van der Waals surface area contributed by atoms with E-state index in [2.05, 4.69) is 0 Å². The predicted molar refractivity (Wildman–Crippen MR) is 74.5 cm³/mol. The van der Waals surface area contributed by atoms with Crippen LogP contribution in [0.5, 0.6) is 0 Å². The molecule has 0 aliphatic carbocycles. The second-order valence-corrected chi connectivity index (χ2v) is 6.54. The van der Waals surface area contributed by atoms with Crippen molar-refractivity contribution in [3.05, 3.63) is 33.9 Å². The predicted octanol–water partition coefficient (Wildman–Crippen LogP) is 1.39. The summed E-state index contributed by atoms with van der Waals surface area (Å²) < 4.78 is 25.7. The third kappa shape index (κ3) is 4.23. The number of rotatable bonds is 7. The van der Waals surface area contributed by atoms with Crippen molar-refractivity contribution < 1.29 is 23.2 Å². The quantitative estimate of drug-likeness (QED) is 0.600. The molecule has 0 amide bonds. The van der Waals surface area contributed by atoms with Gasteiger partial charge in [0.2, 0.25) is 10.0 Å².